The van der Waals surface area contributed by atoms with E-state index in [1.165, 1.54) is 0 Å². The van der Waals surface area contributed by atoms with Gasteiger partial charge < -0.3 is 5.32 Å². The molecule has 0 heterocycles. The van der Waals surface area contributed by atoms with Gasteiger partial charge in [-0.3, -0.25) is 4.79 Å². The number of rotatable bonds is 8. The van der Waals surface area contributed by atoms with Gasteiger partial charge in [-0.25, -0.2) is 13.1 Å². The molecule has 0 saturated carbocycles. The number of amides is 1. The van der Waals surface area contributed by atoms with Crippen LogP contribution in [0, 0.1) is 13.8 Å². The fourth-order valence-corrected chi connectivity index (χ4v) is 2.86. The molecule has 21 heavy (non-hydrogen) atoms. The van der Waals surface area contributed by atoms with Crippen molar-refractivity contribution in [3.05, 3.63) is 29.3 Å². The Labute approximate surface area is 127 Å². The molecule has 1 aromatic carbocycles. The van der Waals surface area contributed by atoms with E-state index >= 15 is 0 Å². The van der Waals surface area contributed by atoms with Gasteiger partial charge in [0, 0.05) is 6.54 Å². The highest BCUT2D eigenvalue weighted by atomic mass is 32.2. The average molecular weight is 312 g/mol. The van der Waals surface area contributed by atoms with Crippen LogP contribution >= 0.6 is 0 Å². The van der Waals surface area contributed by atoms with Crippen molar-refractivity contribution in [1.82, 2.24) is 10.0 Å². The van der Waals surface area contributed by atoms with Crippen molar-refractivity contribution in [1.29, 1.82) is 0 Å². The van der Waals surface area contributed by atoms with Crippen molar-refractivity contribution in [2.75, 3.05) is 13.1 Å². The molecule has 0 aliphatic carbocycles. The highest BCUT2D eigenvalue weighted by molar-refractivity contribution is 7.89. The SMILES string of the molecule is CCCCCNC(=O)CNS(=O)(=O)c1ccc(C)c(C)c1. The van der Waals surface area contributed by atoms with Crippen LogP contribution in [0.1, 0.15) is 37.3 Å². The van der Waals surface area contributed by atoms with Gasteiger partial charge in [-0.1, -0.05) is 25.8 Å². The van der Waals surface area contributed by atoms with E-state index in [0.29, 0.717) is 6.54 Å². The Balaban J connectivity index is 2.53. The van der Waals surface area contributed by atoms with Gasteiger partial charge in [0.2, 0.25) is 15.9 Å². The molecule has 0 aromatic heterocycles. The summed E-state index contributed by atoms with van der Waals surface area (Å²) < 4.78 is 26.5. The molecule has 1 aromatic rings. The van der Waals surface area contributed by atoms with Gasteiger partial charge in [-0.2, -0.15) is 0 Å². The van der Waals surface area contributed by atoms with Gasteiger partial charge in [0.1, 0.15) is 0 Å². The number of sulfonamides is 1. The number of hydrogen-bond donors (Lipinski definition) is 2. The lowest BCUT2D eigenvalue weighted by Gasteiger charge is -2.09. The van der Waals surface area contributed by atoms with Gasteiger partial charge in [-0.05, 0) is 43.5 Å². The molecule has 0 unspecified atom stereocenters. The normalized spacial score (nSPS) is 11.4. The Morgan fingerprint density at radius 2 is 1.86 bits per heavy atom. The molecule has 118 valence electrons. The Morgan fingerprint density at radius 3 is 2.48 bits per heavy atom. The number of benzene rings is 1. The summed E-state index contributed by atoms with van der Waals surface area (Å²) in [6, 6.07) is 4.91. The molecule has 0 saturated heterocycles. The van der Waals surface area contributed by atoms with Gasteiger partial charge >= 0.3 is 0 Å². The molecular formula is C15H24N2O3S. The monoisotopic (exact) mass is 312 g/mol. The summed E-state index contributed by atoms with van der Waals surface area (Å²) in [5, 5.41) is 2.70. The highest BCUT2D eigenvalue weighted by Crippen LogP contribution is 2.14. The summed E-state index contributed by atoms with van der Waals surface area (Å²) in [4.78, 5) is 11.8. The van der Waals surface area contributed by atoms with E-state index in [0.717, 1.165) is 30.4 Å². The van der Waals surface area contributed by atoms with Crippen LogP contribution in [0.2, 0.25) is 0 Å². The molecule has 1 rings (SSSR count). The Kier molecular flexibility index (Phi) is 6.84. The minimum absolute atomic E-state index is 0.185. The largest absolute Gasteiger partial charge is 0.355 e. The average Bonchev–Trinajstić information content (AvgIpc) is 2.44. The quantitative estimate of drug-likeness (QED) is 0.720. The van der Waals surface area contributed by atoms with Crippen LogP contribution in [-0.2, 0) is 14.8 Å². The van der Waals surface area contributed by atoms with Gasteiger partial charge in [0.25, 0.3) is 0 Å². The number of hydrogen-bond acceptors (Lipinski definition) is 3. The predicted molar refractivity (Wildman–Crippen MR) is 83.6 cm³/mol. The van der Waals surface area contributed by atoms with E-state index < -0.39 is 10.0 Å². The number of carbonyl (C=O) groups is 1. The molecule has 5 nitrogen and oxygen atoms in total. The summed E-state index contributed by atoms with van der Waals surface area (Å²) in [6.45, 7) is 6.20. The van der Waals surface area contributed by atoms with Gasteiger partial charge in [0.05, 0.1) is 11.4 Å². The molecule has 0 bridgehead atoms. The number of carbonyl (C=O) groups excluding carboxylic acids is 1. The number of aryl methyl sites for hydroxylation is 2. The molecule has 6 heteroatoms. The van der Waals surface area contributed by atoms with E-state index in [4.69, 9.17) is 0 Å². The number of nitrogens with one attached hydrogen (secondary N) is 2. The second kappa shape index (κ2) is 8.14. The van der Waals surface area contributed by atoms with E-state index in [2.05, 4.69) is 17.0 Å². The van der Waals surface area contributed by atoms with E-state index in [1.54, 1.807) is 18.2 Å². The van der Waals surface area contributed by atoms with Crippen molar-refractivity contribution < 1.29 is 13.2 Å². The summed E-state index contributed by atoms with van der Waals surface area (Å²) >= 11 is 0. The molecule has 0 radical (unpaired) electrons. The molecule has 1 amide bonds. The Bertz CT molecular complexity index is 583. The lowest BCUT2D eigenvalue weighted by atomic mass is 10.1. The van der Waals surface area contributed by atoms with E-state index in [9.17, 15) is 13.2 Å². The first kappa shape index (κ1) is 17.7. The topological polar surface area (TPSA) is 75.3 Å². The van der Waals surface area contributed by atoms with E-state index in [-0.39, 0.29) is 17.3 Å². The standard InChI is InChI=1S/C15H24N2O3S/c1-4-5-6-9-16-15(18)11-17-21(19,20)14-8-7-12(2)13(3)10-14/h7-8,10,17H,4-6,9,11H2,1-3H3,(H,16,18). The lowest BCUT2D eigenvalue weighted by Crippen LogP contribution is -2.37. The molecule has 0 aliphatic rings. The second-order valence-corrected chi connectivity index (χ2v) is 6.89. The van der Waals surface area contributed by atoms with Crippen LogP contribution in [0.5, 0.6) is 0 Å². The molecule has 0 aliphatic heterocycles. The Hall–Kier alpha value is -1.40. The van der Waals surface area contributed by atoms with Crippen LogP contribution in [0.25, 0.3) is 0 Å². The fraction of sp³-hybridized carbons (Fsp3) is 0.533. The van der Waals surface area contributed by atoms with Gasteiger partial charge in [0.15, 0.2) is 0 Å². The predicted octanol–water partition coefficient (Wildman–Crippen LogP) is 1.89. The maximum Gasteiger partial charge on any atom is 0.241 e. The minimum Gasteiger partial charge on any atom is -0.355 e. The zero-order chi connectivity index (χ0) is 15.9. The van der Waals surface area contributed by atoms with Crippen LogP contribution in [0.3, 0.4) is 0 Å². The van der Waals surface area contributed by atoms with Gasteiger partial charge in [-0.15, -0.1) is 0 Å². The first-order valence-electron chi connectivity index (χ1n) is 7.20. The molecule has 0 fully saturated rings. The van der Waals surface area contributed by atoms with Crippen molar-refractivity contribution in [3.63, 3.8) is 0 Å². The van der Waals surface area contributed by atoms with Crippen molar-refractivity contribution in [2.45, 2.75) is 44.9 Å². The zero-order valence-electron chi connectivity index (χ0n) is 12.9. The van der Waals surface area contributed by atoms with Crippen LogP contribution in [0.15, 0.2) is 23.1 Å². The molecule has 2 N–H and O–H groups in total. The minimum atomic E-state index is -3.64. The summed E-state index contributed by atoms with van der Waals surface area (Å²) in [6.07, 6.45) is 3.04. The van der Waals surface area contributed by atoms with E-state index in [1.807, 2.05) is 13.8 Å². The van der Waals surface area contributed by atoms with Crippen LogP contribution in [-0.4, -0.2) is 27.4 Å². The fourth-order valence-electron chi connectivity index (χ4n) is 1.79. The summed E-state index contributed by atoms with van der Waals surface area (Å²) in [5.74, 6) is -0.307. The third-order valence-electron chi connectivity index (χ3n) is 3.31. The van der Waals surface area contributed by atoms with Crippen LogP contribution in [0.4, 0.5) is 0 Å². The first-order valence-corrected chi connectivity index (χ1v) is 8.68. The Morgan fingerprint density at radius 1 is 1.14 bits per heavy atom. The molecular weight excluding hydrogens is 288 g/mol. The summed E-state index contributed by atoms with van der Waals surface area (Å²) in [5.41, 5.74) is 1.93. The number of unbranched alkanes of at least 4 members (excludes halogenated alkanes) is 2. The molecule has 0 spiro atoms. The second-order valence-electron chi connectivity index (χ2n) is 5.13. The van der Waals surface area contributed by atoms with Crippen molar-refractivity contribution in [3.8, 4) is 0 Å². The van der Waals surface area contributed by atoms with Crippen molar-refractivity contribution >= 4 is 15.9 Å². The first-order chi connectivity index (χ1) is 9.86. The van der Waals surface area contributed by atoms with Crippen LogP contribution < -0.4 is 10.0 Å². The smallest absolute Gasteiger partial charge is 0.241 e. The highest BCUT2D eigenvalue weighted by Gasteiger charge is 2.15. The zero-order valence-corrected chi connectivity index (χ0v) is 13.7. The lowest BCUT2D eigenvalue weighted by molar-refractivity contribution is -0.119. The third-order valence-corrected chi connectivity index (χ3v) is 4.71. The third kappa shape index (κ3) is 5.85. The summed E-state index contributed by atoms with van der Waals surface area (Å²) in [7, 11) is -3.64. The maximum atomic E-state index is 12.1. The van der Waals surface area contributed by atoms with Crippen molar-refractivity contribution in [2.24, 2.45) is 0 Å². The maximum absolute atomic E-state index is 12.1. The molecule has 0 atom stereocenters.